The monoisotopic (exact) mass is 807 g/mol. The number of rotatable bonds is 6. The number of nitrogens with zero attached hydrogens (tertiary/aromatic N) is 3. The van der Waals surface area contributed by atoms with Crippen LogP contribution in [0.3, 0.4) is 0 Å². The SMILES string of the molecule is CC(C)c1cccc(C(C)C)c1-n1cc(-c2[c-]c(-c3cc4ccccc4cn3)ccc2)nc1-c1cc2c(cc1O)oc1ccccc12.[Pt]. The van der Waals surface area contributed by atoms with E-state index in [1.54, 1.807) is 6.07 Å². The molecule has 8 aromatic rings. The van der Waals surface area contributed by atoms with Gasteiger partial charge in [-0.1, -0.05) is 106 Å². The number of benzene rings is 5. The first-order valence-electron chi connectivity index (χ1n) is 16.1. The smallest absolute Gasteiger partial charge is 0.140 e. The first kappa shape index (κ1) is 31.6. The summed E-state index contributed by atoms with van der Waals surface area (Å²) in [5, 5.41) is 15.7. The number of para-hydroxylation sites is 2. The maximum absolute atomic E-state index is 11.5. The molecule has 0 aliphatic carbocycles. The molecule has 6 heteroatoms. The zero-order chi connectivity index (χ0) is 32.2. The van der Waals surface area contributed by atoms with E-state index in [9.17, 15) is 5.11 Å². The Kier molecular flexibility index (Phi) is 8.27. The molecule has 5 nitrogen and oxygen atoms in total. The summed E-state index contributed by atoms with van der Waals surface area (Å²) in [6.07, 6.45) is 4.00. The molecule has 0 aliphatic rings. The van der Waals surface area contributed by atoms with E-state index < -0.39 is 0 Å². The standard InChI is InChI=1S/C42H34N3O2.Pt/c1-25(2)31-16-10-17-32(26(3)4)41(31)45-24-37(29-14-9-13-28(19-29)36-20-27-11-5-6-12-30(27)23-43-36)44-42(45)35-21-34-33-15-7-8-18-39(33)47-40(34)22-38(35)46;/h5-18,20-26,46H,1-4H3;/q-1;. The Balaban J connectivity index is 0.00000364. The molecule has 0 amide bonds. The van der Waals surface area contributed by atoms with E-state index in [1.807, 2.05) is 66.9 Å². The Bertz CT molecular complexity index is 2430. The number of aromatic nitrogens is 3. The summed E-state index contributed by atoms with van der Waals surface area (Å²) in [6, 6.07) is 38.2. The van der Waals surface area contributed by atoms with Crippen LogP contribution in [0.25, 0.3) is 72.3 Å². The molecule has 3 heterocycles. The van der Waals surface area contributed by atoms with Gasteiger partial charge < -0.3 is 14.1 Å². The summed E-state index contributed by atoms with van der Waals surface area (Å²) in [5.74, 6) is 1.30. The molecule has 1 N–H and O–H groups in total. The van der Waals surface area contributed by atoms with E-state index in [2.05, 4.69) is 80.9 Å². The number of hydrogen-bond acceptors (Lipinski definition) is 4. The van der Waals surface area contributed by atoms with Crippen molar-refractivity contribution in [1.29, 1.82) is 0 Å². The fraction of sp³-hybridized carbons (Fsp3) is 0.143. The molecule has 0 aliphatic heterocycles. The number of pyridine rings is 1. The third kappa shape index (κ3) is 5.42. The number of fused-ring (bicyclic) bond motifs is 4. The summed E-state index contributed by atoms with van der Waals surface area (Å²) in [5.41, 5.74) is 8.93. The first-order chi connectivity index (χ1) is 22.9. The summed E-state index contributed by atoms with van der Waals surface area (Å²) < 4.78 is 8.26. The molecular formula is C42H34N3O2Pt-. The molecule has 0 saturated carbocycles. The molecule has 5 aromatic carbocycles. The van der Waals surface area contributed by atoms with Gasteiger partial charge in [-0.25, -0.2) is 0 Å². The quantitative estimate of drug-likeness (QED) is 0.170. The molecule has 3 aromatic heterocycles. The van der Waals surface area contributed by atoms with Crippen LogP contribution in [0, 0.1) is 6.07 Å². The van der Waals surface area contributed by atoms with Crippen molar-refractivity contribution in [2.24, 2.45) is 0 Å². The molecule has 48 heavy (non-hydrogen) atoms. The van der Waals surface area contributed by atoms with Gasteiger partial charge in [-0.2, -0.15) is 0 Å². The molecule has 0 unspecified atom stereocenters. The van der Waals surface area contributed by atoms with Crippen LogP contribution in [-0.2, 0) is 21.1 Å². The van der Waals surface area contributed by atoms with Crippen LogP contribution in [0.5, 0.6) is 5.75 Å². The first-order valence-corrected chi connectivity index (χ1v) is 16.1. The van der Waals surface area contributed by atoms with Gasteiger partial charge in [0.15, 0.2) is 0 Å². The molecule has 0 atom stereocenters. The van der Waals surface area contributed by atoms with Gasteiger partial charge in [0.1, 0.15) is 22.7 Å². The predicted molar refractivity (Wildman–Crippen MR) is 191 cm³/mol. The number of aromatic hydroxyl groups is 1. The maximum atomic E-state index is 11.5. The topological polar surface area (TPSA) is 64.1 Å². The van der Waals surface area contributed by atoms with Crippen molar-refractivity contribution in [1.82, 2.24) is 14.5 Å². The van der Waals surface area contributed by atoms with Crippen LogP contribution < -0.4 is 0 Å². The fourth-order valence-electron chi connectivity index (χ4n) is 6.60. The largest absolute Gasteiger partial charge is 0.507 e. The van der Waals surface area contributed by atoms with Crippen LogP contribution in [0.1, 0.15) is 50.7 Å². The van der Waals surface area contributed by atoms with E-state index in [1.165, 1.54) is 11.1 Å². The van der Waals surface area contributed by atoms with Gasteiger partial charge in [0.25, 0.3) is 0 Å². The van der Waals surface area contributed by atoms with Crippen LogP contribution in [0.2, 0.25) is 0 Å². The van der Waals surface area contributed by atoms with Gasteiger partial charge in [-0.05, 0) is 45.9 Å². The Hall–Kier alpha value is -4.99. The van der Waals surface area contributed by atoms with Crippen LogP contribution in [0.4, 0.5) is 0 Å². The number of phenolic OH excluding ortho intramolecular Hbond substituents is 1. The Morgan fingerprint density at radius 1 is 0.688 bits per heavy atom. The van der Waals surface area contributed by atoms with Crippen LogP contribution >= 0.6 is 0 Å². The van der Waals surface area contributed by atoms with Gasteiger partial charge >= 0.3 is 0 Å². The average molecular weight is 808 g/mol. The van der Waals surface area contributed by atoms with Crippen LogP contribution in [-0.4, -0.2) is 19.6 Å². The van der Waals surface area contributed by atoms with Crippen molar-refractivity contribution >= 4 is 32.7 Å². The Morgan fingerprint density at radius 3 is 2.10 bits per heavy atom. The van der Waals surface area contributed by atoms with Gasteiger partial charge in [-0.15, -0.1) is 24.3 Å². The van der Waals surface area contributed by atoms with Gasteiger partial charge in [0, 0.05) is 61.7 Å². The normalized spacial score (nSPS) is 11.6. The fourth-order valence-corrected chi connectivity index (χ4v) is 6.60. The van der Waals surface area contributed by atoms with Crippen molar-refractivity contribution in [2.75, 3.05) is 0 Å². The maximum Gasteiger partial charge on any atom is 0.140 e. The van der Waals surface area contributed by atoms with Crippen LogP contribution in [0.15, 0.2) is 120 Å². The Labute approximate surface area is 294 Å². The third-order valence-electron chi connectivity index (χ3n) is 9.00. The Morgan fingerprint density at radius 2 is 1.35 bits per heavy atom. The van der Waals surface area contributed by atoms with E-state index in [4.69, 9.17) is 14.4 Å². The number of imidazole rings is 1. The van der Waals surface area contributed by atoms with Gasteiger partial charge in [0.2, 0.25) is 0 Å². The summed E-state index contributed by atoms with van der Waals surface area (Å²) in [4.78, 5) is 10.0. The van der Waals surface area contributed by atoms with Crippen molar-refractivity contribution in [3.63, 3.8) is 0 Å². The van der Waals surface area contributed by atoms with E-state index in [0.29, 0.717) is 17.0 Å². The molecule has 0 saturated heterocycles. The molecule has 8 rings (SSSR count). The second-order valence-corrected chi connectivity index (χ2v) is 12.8. The second-order valence-electron chi connectivity index (χ2n) is 12.8. The molecule has 240 valence electrons. The third-order valence-corrected chi connectivity index (χ3v) is 9.00. The minimum atomic E-state index is 0. The van der Waals surface area contributed by atoms with E-state index >= 15 is 0 Å². The van der Waals surface area contributed by atoms with E-state index in [0.717, 1.165) is 55.3 Å². The van der Waals surface area contributed by atoms with Gasteiger partial charge in [0.05, 0.1) is 11.3 Å². The average Bonchev–Trinajstić information content (AvgIpc) is 3.69. The molecule has 0 bridgehead atoms. The summed E-state index contributed by atoms with van der Waals surface area (Å²) in [6.45, 7) is 8.87. The second kappa shape index (κ2) is 12.6. The van der Waals surface area contributed by atoms with Crippen molar-refractivity contribution < 1.29 is 30.6 Å². The summed E-state index contributed by atoms with van der Waals surface area (Å²) >= 11 is 0. The van der Waals surface area contributed by atoms with Crippen molar-refractivity contribution in [3.8, 4) is 45.3 Å². The predicted octanol–water partition coefficient (Wildman–Crippen LogP) is 11.1. The van der Waals surface area contributed by atoms with E-state index in [-0.39, 0.29) is 38.7 Å². The zero-order valence-electron chi connectivity index (χ0n) is 27.1. The minimum absolute atomic E-state index is 0. The minimum Gasteiger partial charge on any atom is -0.507 e. The summed E-state index contributed by atoms with van der Waals surface area (Å²) in [7, 11) is 0. The van der Waals surface area contributed by atoms with Gasteiger partial charge in [-0.3, -0.25) is 9.97 Å². The molecular weight excluding hydrogens is 774 g/mol. The number of furan rings is 1. The van der Waals surface area contributed by atoms with Crippen molar-refractivity contribution in [2.45, 2.75) is 39.5 Å². The molecule has 0 spiro atoms. The molecule has 0 radical (unpaired) electrons. The number of phenols is 1. The number of hydrogen-bond donors (Lipinski definition) is 1. The van der Waals surface area contributed by atoms with Crippen molar-refractivity contribution in [3.05, 3.63) is 133 Å². The molecule has 0 fully saturated rings. The zero-order valence-corrected chi connectivity index (χ0v) is 29.4.